The molecular weight excluding hydrogens is 394 g/mol. The van der Waals surface area contributed by atoms with E-state index in [-0.39, 0.29) is 0 Å². The molecule has 2 aliphatic rings. The molecule has 2 aliphatic heterocycles. The topological polar surface area (TPSA) is 112 Å². The van der Waals surface area contributed by atoms with Gasteiger partial charge in [0.2, 0.25) is 6.10 Å². The monoisotopic (exact) mass is 421 g/mol. The number of carbonyl (C=O) groups is 3. The van der Waals surface area contributed by atoms with Gasteiger partial charge >= 0.3 is 18.2 Å². The van der Waals surface area contributed by atoms with Crippen LogP contribution in [0.1, 0.15) is 40.2 Å². The summed E-state index contributed by atoms with van der Waals surface area (Å²) in [7, 11) is 0. The lowest BCUT2D eigenvalue weighted by molar-refractivity contribution is -0.151. The first-order valence-corrected chi connectivity index (χ1v) is 9.73. The highest BCUT2D eigenvalue weighted by atomic mass is 16.8. The van der Waals surface area contributed by atoms with Crippen LogP contribution in [0.5, 0.6) is 0 Å². The van der Waals surface area contributed by atoms with Crippen LogP contribution in [0.15, 0.2) is 30.3 Å². The van der Waals surface area contributed by atoms with Crippen LogP contribution in [0.4, 0.5) is 9.59 Å². The quantitative estimate of drug-likeness (QED) is 0.739. The van der Waals surface area contributed by atoms with Crippen molar-refractivity contribution in [3.05, 3.63) is 35.9 Å². The zero-order chi connectivity index (χ0) is 22.3. The van der Waals surface area contributed by atoms with Crippen LogP contribution >= 0.6 is 0 Å². The van der Waals surface area contributed by atoms with E-state index in [0.29, 0.717) is 6.42 Å². The third-order valence-electron chi connectivity index (χ3n) is 4.91. The van der Waals surface area contributed by atoms with Gasteiger partial charge in [-0.1, -0.05) is 30.3 Å². The summed E-state index contributed by atoms with van der Waals surface area (Å²) in [5.74, 6) is -1.35. The van der Waals surface area contributed by atoms with Crippen LogP contribution in [0.3, 0.4) is 0 Å². The van der Waals surface area contributed by atoms with E-state index in [1.807, 2.05) is 30.3 Å². The Balaban J connectivity index is 1.99. The van der Waals surface area contributed by atoms with Crippen molar-refractivity contribution in [1.29, 1.82) is 0 Å². The minimum Gasteiger partial charge on any atom is -0.478 e. The van der Waals surface area contributed by atoms with Gasteiger partial charge in [0.25, 0.3) is 0 Å². The summed E-state index contributed by atoms with van der Waals surface area (Å²) < 4.78 is 21.7. The van der Waals surface area contributed by atoms with Gasteiger partial charge in [0.15, 0.2) is 6.10 Å². The van der Waals surface area contributed by atoms with E-state index in [0.717, 1.165) is 5.56 Å². The number of benzene rings is 1. The third kappa shape index (κ3) is 4.51. The molecule has 164 valence electrons. The minimum absolute atomic E-state index is 0.342. The van der Waals surface area contributed by atoms with Crippen molar-refractivity contribution >= 4 is 18.2 Å². The van der Waals surface area contributed by atoms with Gasteiger partial charge in [0, 0.05) is 0 Å². The van der Waals surface area contributed by atoms with E-state index in [1.54, 1.807) is 34.6 Å². The van der Waals surface area contributed by atoms with Crippen LogP contribution in [0.25, 0.3) is 0 Å². The maximum absolute atomic E-state index is 13.1. The zero-order valence-corrected chi connectivity index (χ0v) is 17.7. The van der Waals surface area contributed by atoms with Crippen LogP contribution in [0.2, 0.25) is 0 Å². The fraction of sp³-hybridized carbons (Fsp3) is 0.571. The van der Waals surface area contributed by atoms with E-state index in [9.17, 15) is 19.5 Å². The summed E-state index contributed by atoms with van der Waals surface area (Å²) >= 11 is 0. The van der Waals surface area contributed by atoms with Crippen molar-refractivity contribution in [2.24, 2.45) is 0 Å². The van der Waals surface area contributed by atoms with Crippen molar-refractivity contribution in [3.63, 3.8) is 0 Å². The average Bonchev–Trinajstić information content (AvgIpc) is 3.11. The molecule has 3 unspecified atom stereocenters. The maximum atomic E-state index is 13.1. The van der Waals surface area contributed by atoms with E-state index < -0.39 is 53.9 Å². The molecule has 0 aromatic heterocycles. The summed E-state index contributed by atoms with van der Waals surface area (Å²) in [5, 5.41) is 9.48. The predicted molar refractivity (Wildman–Crippen MR) is 104 cm³/mol. The molecule has 30 heavy (non-hydrogen) atoms. The number of rotatable bonds is 4. The minimum atomic E-state index is -1.53. The van der Waals surface area contributed by atoms with Gasteiger partial charge in [-0.15, -0.1) is 0 Å². The number of hydrogen-bond acceptors (Lipinski definition) is 7. The standard InChI is InChI=1S/C21H27NO8/c1-20(2,3)30-18(25)22-13(11-12-9-7-6-8-10-12)14(29-21(22,4)5)15-16(17(23)24)28-19(26)27-15/h6-10,13-16H,11H2,1-5H3,(H,23,24)/t13-,14?,15?,16?/m1/s1. The number of hydrogen-bond donors (Lipinski definition) is 1. The lowest BCUT2D eigenvalue weighted by Crippen LogP contribution is -2.52. The number of carboxylic acid groups (broad SMARTS) is 1. The lowest BCUT2D eigenvalue weighted by Gasteiger charge is -2.35. The molecule has 1 aromatic rings. The predicted octanol–water partition coefficient (Wildman–Crippen LogP) is 2.96. The third-order valence-corrected chi connectivity index (χ3v) is 4.91. The van der Waals surface area contributed by atoms with Crippen LogP contribution in [0, 0.1) is 0 Å². The number of carbonyl (C=O) groups excluding carboxylic acids is 2. The van der Waals surface area contributed by atoms with Gasteiger partial charge in [-0.25, -0.2) is 14.4 Å². The molecule has 4 atom stereocenters. The van der Waals surface area contributed by atoms with Crippen LogP contribution in [-0.4, -0.2) is 63.9 Å². The first-order chi connectivity index (χ1) is 13.9. The molecule has 9 nitrogen and oxygen atoms in total. The number of aliphatic carboxylic acids is 1. The normalized spacial score (nSPS) is 28.0. The van der Waals surface area contributed by atoms with Crippen molar-refractivity contribution in [1.82, 2.24) is 4.90 Å². The zero-order valence-electron chi connectivity index (χ0n) is 17.7. The number of cyclic esters (lactones) is 2. The molecule has 3 rings (SSSR count). The van der Waals surface area contributed by atoms with Gasteiger partial charge in [0.05, 0.1) is 6.04 Å². The second-order valence-corrected chi connectivity index (χ2v) is 8.85. The molecule has 1 amide bonds. The molecular formula is C21H27NO8. The maximum Gasteiger partial charge on any atom is 0.509 e. The molecule has 2 fully saturated rings. The summed E-state index contributed by atoms with van der Waals surface area (Å²) in [6.07, 6.45) is -5.02. The molecule has 0 radical (unpaired) electrons. The van der Waals surface area contributed by atoms with Gasteiger partial charge in [-0.2, -0.15) is 0 Å². The molecule has 0 spiro atoms. The Morgan fingerprint density at radius 2 is 1.77 bits per heavy atom. The van der Waals surface area contributed by atoms with Gasteiger partial charge in [-0.05, 0) is 46.6 Å². The Kier molecular flexibility index (Phi) is 5.68. The lowest BCUT2D eigenvalue weighted by atomic mass is 9.94. The highest BCUT2D eigenvalue weighted by Gasteiger charge is 2.59. The first kappa shape index (κ1) is 21.9. The Labute approximate surface area is 174 Å². The fourth-order valence-corrected chi connectivity index (χ4v) is 3.83. The van der Waals surface area contributed by atoms with E-state index in [1.165, 1.54) is 4.90 Å². The highest BCUT2D eigenvalue weighted by molar-refractivity contribution is 5.79. The summed E-state index contributed by atoms with van der Waals surface area (Å²) in [6, 6.07) is 8.72. The highest BCUT2D eigenvalue weighted by Crippen LogP contribution is 2.39. The largest absolute Gasteiger partial charge is 0.509 e. The Morgan fingerprint density at radius 1 is 1.13 bits per heavy atom. The van der Waals surface area contributed by atoms with Crippen LogP contribution in [-0.2, 0) is 30.2 Å². The summed E-state index contributed by atoms with van der Waals surface area (Å²) in [5.41, 5.74) is -0.973. The second kappa shape index (κ2) is 7.79. The Hall–Kier alpha value is -2.81. The van der Waals surface area contributed by atoms with Crippen molar-refractivity contribution in [2.45, 2.75) is 76.7 Å². The Bertz CT molecular complexity index is 816. The van der Waals surface area contributed by atoms with Crippen molar-refractivity contribution < 1.29 is 38.4 Å². The van der Waals surface area contributed by atoms with Crippen LogP contribution < -0.4 is 0 Å². The first-order valence-electron chi connectivity index (χ1n) is 9.73. The van der Waals surface area contributed by atoms with Crippen molar-refractivity contribution in [2.75, 3.05) is 0 Å². The number of ether oxygens (including phenoxy) is 4. The van der Waals surface area contributed by atoms with Gasteiger partial charge in [0.1, 0.15) is 17.4 Å². The molecule has 2 saturated heterocycles. The molecule has 0 aliphatic carbocycles. The summed E-state index contributed by atoms with van der Waals surface area (Å²) in [6.45, 7) is 8.63. The number of amides is 1. The smallest absolute Gasteiger partial charge is 0.478 e. The molecule has 0 bridgehead atoms. The molecule has 0 saturated carbocycles. The number of nitrogens with zero attached hydrogens (tertiary/aromatic N) is 1. The molecule has 1 aromatic carbocycles. The van der Waals surface area contributed by atoms with Crippen molar-refractivity contribution in [3.8, 4) is 0 Å². The van der Waals surface area contributed by atoms with E-state index in [4.69, 9.17) is 18.9 Å². The molecule has 1 N–H and O–H groups in total. The van der Waals surface area contributed by atoms with E-state index >= 15 is 0 Å². The number of carboxylic acids is 1. The van der Waals surface area contributed by atoms with Gasteiger partial charge in [-0.3, -0.25) is 4.90 Å². The Morgan fingerprint density at radius 3 is 2.33 bits per heavy atom. The summed E-state index contributed by atoms with van der Waals surface area (Å²) in [4.78, 5) is 37.8. The van der Waals surface area contributed by atoms with Gasteiger partial charge < -0.3 is 24.1 Å². The molecule has 2 heterocycles. The average molecular weight is 421 g/mol. The second-order valence-electron chi connectivity index (χ2n) is 8.85. The molecule has 9 heteroatoms. The van der Waals surface area contributed by atoms with E-state index in [2.05, 4.69) is 0 Å². The SMILES string of the molecule is CC(C)(C)OC(=O)N1[C@H](Cc2ccccc2)C(C2OC(=O)OC2C(=O)O)OC1(C)C. The fourth-order valence-electron chi connectivity index (χ4n) is 3.83.